The number of aromatic hydroxyl groups is 1. The highest BCUT2D eigenvalue weighted by molar-refractivity contribution is 6.10. The van der Waals surface area contributed by atoms with Crippen molar-refractivity contribution in [2.45, 2.75) is 76.0 Å². The molecule has 2 fully saturated rings. The van der Waals surface area contributed by atoms with Crippen LogP contribution in [0.3, 0.4) is 0 Å². The summed E-state index contributed by atoms with van der Waals surface area (Å²) in [5.41, 5.74) is 10.3. The molecule has 2 bridgehead atoms. The number of carbonyl (C=O) groups is 2. The number of phenolic OH excluding ortho intramolecular Hbond substituents is 1. The van der Waals surface area contributed by atoms with Gasteiger partial charge in [0, 0.05) is 35.3 Å². The SMILES string of the molecule is COc1c(C)cc2c(c1O)[C@@H]1C3CC4=C(C5OCOC5=C(C)C4=O)[C@H](CNC(=O)C(C)N)N3[C@@H](C#N)[C@H](C2)N1C. The van der Waals surface area contributed by atoms with E-state index in [2.05, 4.69) is 21.2 Å². The molecule has 5 aliphatic rings. The second kappa shape index (κ2) is 9.59. The number of nitrogens with one attached hydrogen (secondary N) is 1. The van der Waals surface area contributed by atoms with Crippen molar-refractivity contribution in [1.82, 2.24) is 15.1 Å². The topological polar surface area (TPSA) is 150 Å². The van der Waals surface area contributed by atoms with Crippen LogP contribution in [0.4, 0.5) is 0 Å². The molecule has 11 nitrogen and oxygen atoms in total. The van der Waals surface area contributed by atoms with Gasteiger partial charge in [0.2, 0.25) is 5.91 Å². The van der Waals surface area contributed by atoms with Crippen molar-refractivity contribution >= 4 is 11.7 Å². The first-order chi connectivity index (χ1) is 19.1. The van der Waals surface area contributed by atoms with E-state index in [0.29, 0.717) is 35.5 Å². The largest absolute Gasteiger partial charge is 0.504 e. The Labute approximate surface area is 233 Å². The number of phenols is 1. The normalized spacial score (nSPS) is 31.9. The van der Waals surface area contributed by atoms with Crippen molar-refractivity contribution in [3.63, 3.8) is 0 Å². The summed E-state index contributed by atoms with van der Waals surface area (Å²) in [6.07, 6.45) is 0.345. The molecule has 0 aromatic heterocycles. The molecule has 6 rings (SSSR count). The standard InChI is InChI=1S/C29H35N5O6/c1-12-6-15-7-17-19(9-30)34-18(23(33(17)4)21(15)25(36)26(12)38-5)8-16-22(20(34)10-32-29(37)14(3)31)28-27(39-11-40-28)13(2)24(16)35/h6,14,17-20,23,28,36H,7-8,10-11,31H2,1-5H3,(H,32,37)/t14?,17-,18?,19-,20-,23-,28?/m0/s1. The van der Waals surface area contributed by atoms with E-state index in [1.165, 1.54) is 7.11 Å². The minimum atomic E-state index is -0.720. The lowest BCUT2D eigenvalue weighted by atomic mass is 9.69. The lowest BCUT2D eigenvalue weighted by Crippen LogP contribution is -2.71. The van der Waals surface area contributed by atoms with E-state index in [0.717, 1.165) is 22.3 Å². The number of ketones is 1. The van der Waals surface area contributed by atoms with E-state index in [9.17, 15) is 20.0 Å². The number of amides is 1. The number of methoxy groups -OCH3 is 1. The predicted molar refractivity (Wildman–Crippen MR) is 143 cm³/mol. The van der Waals surface area contributed by atoms with Crippen LogP contribution in [0.1, 0.15) is 43.0 Å². The van der Waals surface area contributed by atoms with Gasteiger partial charge in [-0.05, 0) is 57.4 Å². The van der Waals surface area contributed by atoms with Gasteiger partial charge in [0.1, 0.15) is 17.9 Å². The van der Waals surface area contributed by atoms with Gasteiger partial charge < -0.3 is 30.4 Å². The smallest absolute Gasteiger partial charge is 0.236 e. The Kier molecular flexibility index (Phi) is 6.42. The molecule has 1 amide bonds. The first-order valence-corrected chi connectivity index (χ1v) is 13.6. The number of nitriles is 1. The number of hydrogen-bond acceptors (Lipinski definition) is 10. The van der Waals surface area contributed by atoms with Gasteiger partial charge in [-0.15, -0.1) is 0 Å². The molecule has 1 aromatic carbocycles. The molecule has 7 atom stereocenters. The Morgan fingerprint density at radius 3 is 2.77 bits per heavy atom. The Hall–Kier alpha value is -3.43. The number of benzene rings is 1. The van der Waals surface area contributed by atoms with Crippen molar-refractivity contribution in [2.24, 2.45) is 5.73 Å². The molecule has 2 saturated heterocycles. The molecule has 212 valence electrons. The fourth-order valence-corrected chi connectivity index (χ4v) is 7.57. The van der Waals surface area contributed by atoms with E-state index in [-0.39, 0.29) is 48.9 Å². The van der Waals surface area contributed by atoms with E-state index < -0.39 is 24.2 Å². The Morgan fingerprint density at radius 1 is 1.35 bits per heavy atom. The van der Waals surface area contributed by atoms with Crippen molar-refractivity contribution in [3.8, 4) is 17.6 Å². The van der Waals surface area contributed by atoms with Gasteiger partial charge in [-0.1, -0.05) is 6.07 Å². The number of allylic oxidation sites excluding steroid dienone is 1. The first-order valence-electron chi connectivity index (χ1n) is 13.6. The summed E-state index contributed by atoms with van der Waals surface area (Å²) in [7, 11) is 3.51. The first kappa shape index (κ1) is 26.8. The van der Waals surface area contributed by atoms with Crippen LogP contribution in [0, 0.1) is 18.3 Å². The Morgan fingerprint density at radius 2 is 2.10 bits per heavy atom. The highest BCUT2D eigenvalue weighted by Gasteiger charge is 2.58. The molecular formula is C29H35N5O6. The third-order valence-electron chi connectivity index (χ3n) is 9.34. The number of likely N-dealkylation sites (N-methyl/N-ethyl adjacent to an activating group) is 1. The van der Waals surface area contributed by atoms with E-state index in [1.807, 2.05) is 20.0 Å². The van der Waals surface area contributed by atoms with Crippen LogP contribution < -0.4 is 15.8 Å². The molecule has 1 aliphatic carbocycles. The molecule has 1 aromatic rings. The molecule has 0 radical (unpaired) electrons. The monoisotopic (exact) mass is 549 g/mol. The maximum absolute atomic E-state index is 13.8. The summed E-state index contributed by atoms with van der Waals surface area (Å²) in [4.78, 5) is 30.7. The van der Waals surface area contributed by atoms with Crippen LogP contribution in [0.15, 0.2) is 28.5 Å². The fourth-order valence-electron chi connectivity index (χ4n) is 7.57. The van der Waals surface area contributed by atoms with Crippen molar-refractivity contribution in [3.05, 3.63) is 45.2 Å². The van der Waals surface area contributed by atoms with Crippen LogP contribution in [-0.2, 0) is 25.5 Å². The van der Waals surface area contributed by atoms with Crippen LogP contribution in [0.25, 0.3) is 0 Å². The number of hydrogen-bond donors (Lipinski definition) is 3. The molecule has 4 N–H and O–H groups in total. The van der Waals surface area contributed by atoms with Gasteiger partial charge in [-0.3, -0.25) is 19.4 Å². The summed E-state index contributed by atoms with van der Waals surface area (Å²) >= 11 is 0. The van der Waals surface area contributed by atoms with Crippen molar-refractivity contribution < 1.29 is 28.9 Å². The van der Waals surface area contributed by atoms with E-state index in [4.69, 9.17) is 19.9 Å². The van der Waals surface area contributed by atoms with E-state index in [1.54, 1.807) is 13.8 Å². The van der Waals surface area contributed by atoms with Crippen LogP contribution in [0.2, 0.25) is 0 Å². The van der Waals surface area contributed by atoms with Gasteiger partial charge >= 0.3 is 0 Å². The zero-order valence-electron chi connectivity index (χ0n) is 23.4. The molecule has 40 heavy (non-hydrogen) atoms. The van der Waals surface area contributed by atoms with Crippen LogP contribution in [-0.4, -0.2) is 90.4 Å². The van der Waals surface area contributed by atoms with Crippen LogP contribution in [0.5, 0.6) is 11.5 Å². The lowest BCUT2D eigenvalue weighted by molar-refractivity contribution is -0.122. The van der Waals surface area contributed by atoms with E-state index >= 15 is 0 Å². The third-order valence-corrected chi connectivity index (χ3v) is 9.34. The number of nitrogens with zero attached hydrogens (tertiary/aromatic N) is 3. The van der Waals surface area contributed by atoms with Crippen molar-refractivity contribution in [2.75, 3.05) is 27.5 Å². The Balaban J connectivity index is 1.54. The minimum Gasteiger partial charge on any atom is -0.504 e. The number of fused-ring (bicyclic) bond motifs is 8. The molecule has 4 heterocycles. The lowest BCUT2D eigenvalue weighted by Gasteiger charge is -2.60. The van der Waals surface area contributed by atoms with Crippen molar-refractivity contribution in [1.29, 1.82) is 5.26 Å². The van der Waals surface area contributed by atoms with Gasteiger partial charge in [0.05, 0.1) is 31.3 Å². The number of piperazine rings is 1. The zero-order chi connectivity index (χ0) is 28.6. The number of ether oxygens (including phenoxy) is 3. The van der Waals surface area contributed by atoms with Gasteiger partial charge in [0.25, 0.3) is 0 Å². The molecule has 11 heteroatoms. The maximum Gasteiger partial charge on any atom is 0.236 e. The van der Waals surface area contributed by atoms with Crippen LogP contribution >= 0.6 is 0 Å². The van der Waals surface area contributed by atoms with Gasteiger partial charge in [0.15, 0.2) is 24.1 Å². The second-order valence-corrected chi connectivity index (χ2v) is 11.4. The molecule has 4 aliphatic heterocycles. The highest BCUT2D eigenvalue weighted by atomic mass is 16.7. The number of Topliss-reactive ketones (excluding diaryl/α,β-unsaturated/α-hetero) is 1. The summed E-state index contributed by atoms with van der Waals surface area (Å²) in [6, 6.07) is 1.94. The second-order valence-electron chi connectivity index (χ2n) is 11.4. The molecule has 0 saturated carbocycles. The molecular weight excluding hydrogens is 514 g/mol. The number of nitrogens with two attached hydrogens (primary N) is 1. The number of aryl methyl sites for hydroxylation is 1. The summed E-state index contributed by atoms with van der Waals surface area (Å²) in [6.45, 7) is 5.43. The predicted octanol–water partition coefficient (Wildman–Crippen LogP) is 0.945. The Bertz CT molecular complexity index is 1410. The maximum atomic E-state index is 13.8. The molecule has 0 spiro atoms. The van der Waals surface area contributed by atoms with Gasteiger partial charge in [-0.2, -0.15) is 5.26 Å². The average Bonchev–Trinajstić information content (AvgIpc) is 3.41. The zero-order valence-corrected chi connectivity index (χ0v) is 23.4. The minimum absolute atomic E-state index is 0.0276. The average molecular weight is 550 g/mol. The summed E-state index contributed by atoms with van der Waals surface area (Å²) in [5, 5.41) is 25.0. The van der Waals surface area contributed by atoms with Gasteiger partial charge in [-0.25, -0.2) is 0 Å². The summed E-state index contributed by atoms with van der Waals surface area (Å²) < 4.78 is 17.3. The fraction of sp³-hybridized carbons (Fsp3) is 0.552. The number of carbonyl (C=O) groups excluding carboxylic acids is 2. The third kappa shape index (κ3) is 3.63. The quantitative estimate of drug-likeness (QED) is 0.495. The highest BCUT2D eigenvalue weighted by Crippen LogP contribution is 2.54. The molecule has 3 unspecified atom stereocenters. The summed E-state index contributed by atoms with van der Waals surface area (Å²) in [5.74, 6) is 0.565. The number of rotatable bonds is 4.